The Morgan fingerprint density at radius 1 is 0.900 bits per heavy atom. The summed E-state index contributed by atoms with van der Waals surface area (Å²) >= 11 is 0. The summed E-state index contributed by atoms with van der Waals surface area (Å²) in [6.07, 6.45) is 0.607. The van der Waals surface area contributed by atoms with Gasteiger partial charge in [0.1, 0.15) is 6.10 Å². The second kappa shape index (κ2) is 9.67. The Morgan fingerprint density at radius 2 is 1.43 bits per heavy atom. The molecule has 5 N–H and O–H groups in total. The van der Waals surface area contributed by atoms with Crippen LogP contribution in [-0.4, -0.2) is 43.6 Å². The Balaban J connectivity index is 1.75. The zero-order valence-corrected chi connectivity index (χ0v) is 16.7. The maximum atomic E-state index is 11.5. The molecule has 0 saturated heterocycles. The second-order valence-electron chi connectivity index (χ2n) is 7.36. The molecule has 0 spiro atoms. The van der Waals surface area contributed by atoms with E-state index in [4.69, 9.17) is 5.11 Å². The highest BCUT2D eigenvalue weighted by molar-refractivity contribution is 5.36. The summed E-state index contributed by atoms with van der Waals surface area (Å²) in [5.41, 5.74) is 3.37. The lowest BCUT2D eigenvalue weighted by molar-refractivity contribution is 0.0956. The van der Waals surface area contributed by atoms with Gasteiger partial charge in [0.2, 0.25) is 5.75 Å². The van der Waals surface area contributed by atoms with Crippen molar-refractivity contribution in [2.45, 2.75) is 31.3 Å². The number of aliphatic hydroxyl groups excluding tert-OH is 3. The average molecular weight is 410 g/mol. The number of nitrogens with one attached hydrogen (secondary N) is 1. The van der Waals surface area contributed by atoms with Gasteiger partial charge in [-0.2, -0.15) is 0 Å². The van der Waals surface area contributed by atoms with Crippen LogP contribution < -0.4 is 5.56 Å². The highest BCUT2D eigenvalue weighted by Gasteiger charge is 2.17. The number of aromatic amines is 1. The third-order valence-electron chi connectivity index (χ3n) is 5.47. The first-order valence-corrected chi connectivity index (χ1v) is 9.79. The van der Waals surface area contributed by atoms with Crippen molar-refractivity contribution in [3.63, 3.8) is 0 Å². The van der Waals surface area contributed by atoms with Crippen molar-refractivity contribution < 1.29 is 20.4 Å². The van der Waals surface area contributed by atoms with Crippen molar-refractivity contribution in [1.29, 1.82) is 0 Å². The molecule has 1 aromatic heterocycles. The predicted molar refractivity (Wildman–Crippen MR) is 112 cm³/mol. The summed E-state index contributed by atoms with van der Waals surface area (Å²) in [4.78, 5) is 17.9. The first-order valence-electron chi connectivity index (χ1n) is 9.79. The Hall–Kier alpha value is -3.00. The van der Waals surface area contributed by atoms with Crippen LogP contribution in [0.2, 0.25) is 0 Å². The van der Waals surface area contributed by atoms with Crippen LogP contribution in [0.15, 0.2) is 59.7 Å². The van der Waals surface area contributed by atoms with E-state index >= 15 is 0 Å². The number of H-pyrrole nitrogens is 1. The number of benzene rings is 2. The zero-order valence-electron chi connectivity index (χ0n) is 16.7. The van der Waals surface area contributed by atoms with Crippen LogP contribution in [0, 0.1) is 0 Å². The Labute approximate surface area is 174 Å². The Bertz CT molecular complexity index is 1020. The second-order valence-corrected chi connectivity index (χ2v) is 7.36. The molecule has 158 valence electrons. The summed E-state index contributed by atoms with van der Waals surface area (Å²) in [6, 6.07) is 15.3. The van der Waals surface area contributed by atoms with E-state index in [0.717, 1.165) is 16.7 Å². The van der Waals surface area contributed by atoms with Crippen molar-refractivity contribution in [2.75, 3.05) is 13.2 Å². The minimum Gasteiger partial charge on any atom is -0.502 e. The smallest absolute Gasteiger partial charge is 0.293 e. The molecule has 30 heavy (non-hydrogen) atoms. The number of nitrogens with zero attached hydrogens (tertiary/aromatic N) is 1. The van der Waals surface area contributed by atoms with E-state index < -0.39 is 17.4 Å². The maximum absolute atomic E-state index is 11.5. The molecule has 0 bridgehead atoms. The summed E-state index contributed by atoms with van der Waals surface area (Å²) in [5, 5.41) is 38.5. The van der Waals surface area contributed by atoms with Crippen LogP contribution in [-0.2, 0) is 6.42 Å². The molecule has 7 nitrogen and oxygen atoms in total. The van der Waals surface area contributed by atoms with Gasteiger partial charge in [-0.15, -0.1) is 0 Å². The summed E-state index contributed by atoms with van der Waals surface area (Å²) in [7, 11) is 0. The highest BCUT2D eigenvalue weighted by Crippen LogP contribution is 2.28. The maximum Gasteiger partial charge on any atom is 0.293 e. The van der Waals surface area contributed by atoms with Crippen LogP contribution in [0.3, 0.4) is 0 Å². The number of aliphatic hydroxyl groups is 3. The molecular formula is C23H26N2O5. The molecule has 2 unspecified atom stereocenters. The predicted octanol–water partition coefficient (Wildman–Crippen LogP) is 1.97. The van der Waals surface area contributed by atoms with E-state index in [9.17, 15) is 20.1 Å². The highest BCUT2D eigenvalue weighted by atomic mass is 16.3. The zero-order chi connectivity index (χ0) is 21.7. The molecule has 0 amide bonds. The fourth-order valence-electron chi connectivity index (χ4n) is 3.46. The van der Waals surface area contributed by atoms with Crippen LogP contribution in [0.5, 0.6) is 5.75 Å². The number of hydrogen-bond acceptors (Lipinski definition) is 6. The van der Waals surface area contributed by atoms with Gasteiger partial charge in [0.25, 0.3) is 5.56 Å². The fraction of sp³-hybridized carbons (Fsp3) is 0.304. The number of aromatic nitrogens is 2. The molecule has 3 atom stereocenters. The van der Waals surface area contributed by atoms with Crippen LogP contribution in [0.4, 0.5) is 0 Å². The van der Waals surface area contributed by atoms with Gasteiger partial charge in [-0.05, 0) is 22.3 Å². The molecule has 3 aromatic rings. The normalized spacial score (nSPS) is 14.3. The first-order chi connectivity index (χ1) is 14.4. The van der Waals surface area contributed by atoms with Gasteiger partial charge >= 0.3 is 0 Å². The topological polar surface area (TPSA) is 127 Å². The van der Waals surface area contributed by atoms with E-state index in [1.165, 1.54) is 6.33 Å². The van der Waals surface area contributed by atoms with Gasteiger partial charge in [-0.3, -0.25) is 4.79 Å². The molecular weight excluding hydrogens is 384 g/mol. The minimum atomic E-state index is -0.877. The molecule has 7 heteroatoms. The van der Waals surface area contributed by atoms with Crippen molar-refractivity contribution in [1.82, 2.24) is 9.97 Å². The lowest BCUT2D eigenvalue weighted by Crippen LogP contribution is -2.14. The Morgan fingerprint density at radius 3 is 1.97 bits per heavy atom. The standard InChI is InChI=1S/C23H26N2O5/c1-14(16-4-8-18(9-5-16)21(28)12-27)15-2-6-17(7-3-15)19(11-26)10-20-22(29)23(30)25-13-24-20/h2-9,13-14,19,21,26-29H,10-12H2,1H3,(H,24,25,30)/t14?,19-,21?/m0/s1. The molecule has 0 radical (unpaired) electrons. The lowest BCUT2D eigenvalue weighted by Gasteiger charge is -2.18. The van der Waals surface area contributed by atoms with Crippen molar-refractivity contribution >= 4 is 0 Å². The van der Waals surface area contributed by atoms with E-state index in [2.05, 4.69) is 16.9 Å². The van der Waals surface area contributed by atoms with Gasteiger partial charge < -0.3 is 25.4 Å². The fourth-order valence-corrected chi connectivity index (χ4v) is 3.46. The van der Waals surface area contributed by atoms with Gasteiger partial charge in [0, 0.05) is 18.3 Å². The number of rotatable bonds is 8. The van der Waals surface area contributed by atoms with E-state index in [1.807, 2.05) is 48.5 Å². The molecule has 2 aromatic carbocycles. The van der Waals surface area contributed by atoms with Gasteiger partial charge in [-0.1, -0.05) is 55.5 Å². The van der Waals surface area contributed by atoms with Gasteiger partial charge in [0.05, 0.1) is 25.2 Å². The largest absolute Gasteiger partial charge is 0.502 e. The van der Waals surface area contributed by atoms with E-state index in [0.29, 0.717) is 5.56 Å². The lowest BCUT2D eigenvalue weighted by atomic mass is 9.89. The summed E-state index contributed by atoms with van der Waals surface area (Å²) < 4.78 is 0. The summed E-state index contributed by atoms with van der Waals surface area (Å²) in [6.45, 7) is 1.62. The quantitative estimate of drug-likeness (QED) is 0.386. The molecule has 0 aliphatic rings. The molecule has 0 saturated carbocycles. The molecule has 0 fully saturated rings. The minimum absolute atomic E-state index is 0.116. The van der Waals surface area contributed by atoms with E-state index in [1.54, 1.807) is 0 Å². The van der Waals surface area contributed by atoms with Gasteiger partial charge in [-0.25, -0.2) is 4.98 Å². The molecule has 1 heterocycles. The van der Waals surface area contributed by atoms with Gasteiger partial charge in [0.15, 0.2) is 0 Å². The van der Waals surface area contributed by atoms with Crippen LogP contribution >= 0.6 is 0 Å². The van der Waals surface area contributed by atoms with E-state index in [-0.39, 0.29) is 37.2 Å². The van der Waals surface area contributed by atoms with Crippen molar-refractivity contribution in [3.05, 3.63) is 93.2 Å². The number of hydrogen-bond donors (Lipinski definition) is 5. The number of aromatic hydroxyl groups is 1. The Kier molecular flexibility index (Phi) is 6.99. The first kappa shape index (κ1) is 21.7. The third kappa shape index (κ3) is 4.76. The van der Waals surface area contributed by atoms with Crippen LogP contribution in [0.25, 0.3) is 0 Å². The monoisotopic (exact) mass is 410 g/mol. The third-order valence-corrected chi connectivity index (χ3v) is 5.47. The summed E-state index contributed by atoms with van der Waals surface area (Å²) in [5.74, 6) is -0.602. The average Bonchev–Trinajstić information content (AvgIpc) is 2.79. The van der Waals surface area contributed by atoms with Crippen molar-refractivity contribution in [3.8, 4) is 5.75 Å². The molecule has 0 aliphatic carbocycles. The molecule has 0 aliphatic heterocycles. The van der Waals surface area contributed by atoms with Crippen LogP contribution in [0.1, 0.15) is 52.8 Å². The SMILES string of the molecule is CC(c1ccc(C(O)CO)cc1)c1ccc([C@H](CO)Cc2nc[nH]c(=O)c2O)cc1. The van der Waals surface area contributed by atoms with Crippen molar-refractivity contribution in [2.24, 2.45) is 0 Å². The molecule has 3 rings (SSSR count).